The number of aliphatic hydroxyl groups is 1. The molecule has 0 heterocycles. The number of carbonyl (C=O) groups excluding carboxylic acids is 1. The molecule has 0 unspecified atom stereocenters. The molecule has 0 fully saturated rings. The van der Waals surface area contributed by atoms with Gasteiger partial charge in [-0.05, 0) is 40.7 Å². The van der Waals surface area contributed by atoms with Crippen molar-refractivity contribution in [1.29, 1.82) is 0 Å². The molecule has 1 aliphatic carbocycles. The van der Waals surface area contributed by atoms with E-state index in [0.717, 1.165) is 12.2 Å². The number of carbonyl (C=O) groups is 1. The number of fused-ring (bicyclic) bond motifs is 3. The van der Waals surface area contributed by atoms with Gasteiger partial charge in [-0.15, -0.1) is 0 Å². The summed E-state index contributed by atoms with van der Waals surface area (Å²) in [7, 11) is 0. The largest absolute Gasteiger partial charge is 0.449 e. The van der Waals surface area contributed by atoms with Gasteiger partial charge in [-0.3, -0.25) is 0 Å². The van der Waals surface area contributed by atoms with Gasteiger partial charge in [0.05, 0.1) is 12.6 Å². The van der Waals surface area contributed by atoms with Crippen molar-refractivity contribution < 1.29 is 14.6 Å². The van der Waals surface area contributed by atoms with E-state index in [1.807, 2.05) is 30.5 Å². The van der Waals surface area contributed by atoms with E-state index < -0.39 is 6.09 Å². The van der Waals surface area contributed by atoms with E-state index in [0.29, 0.717) is 6.61 Å². The maximum absolute atomic E-state index is 12.1. The van der Waals surface area contributed by atoms with Crippen molar-refractivity contribution in [1.82, 2.24) is 5.32 Å². The Morgan fingerprint density at radius 3 is 2.32 bits per heavy atom. The lowest BCUT2D eigenvalue weighted by Gasteiger charge is -2.18. The van der Waals surface area contributed by atoms with E-state index in [1.165, 1.54) is 22.3 Å². The Morgan fingerprint density at radius 2 is 1.76 bits per heavy atom. The average Bonchev–Trinajstić information content (AvgIpc) is 2.97. The predicted molar refractivity (Wildman–Crippen MR) is 102 cm³/mol. The first-order valence-corrected chi connectivity index (χ1v) is 9.85. The molecule has 0 aliphatic heterocycles. The second-order valence-corrected chi connectivity index (χ2v) is 7.12. The topological polar surface area (TPSA) is 58.6 Å². The van der Waals surface area contributed by atoms with Gasteiger partial charge in [0.25, 0.3) is 0 Å². The fourth-order valence-electron chi connectivity index (χ4n) is 3.28. The third-order valence-corrected chi connectivity index (χ3v) is 5.20. The third-order valence-electron chi connectivity index (χ3n) is 4.56. The smallest absolute Gasteiger partial charge is 0.407 e. The van der Waals surface area contributed by atoms with Gasteiger partial charge >= 0.3 is 6.09 Å². The summed E-state index contributed by atoms with van der Waals surface area (Å²) in [5, 5.41) is 12.1. The Kier molecular flexibility index (Phi) is 6.00. The molecule has 2 N–H and O–H groups in total. The van der Waals surface area contributed by atoms with Crippen molar-refractivity contribution in [2.45, 2.75) is 18.4 Å². The molecule has 0 saturated carbocycles. The van der Waals surface area contributed by atoms with Crippen molar-refractivity contribution in [2.24, 2.45) is 0 Å². The first-order valence-electron chi connectivity index (χ1n) is 8.46. The molecule has 1 aliphatic rings. The van der Waals surface area contributed by atoms with Crippen LogP contribution in [-0.2, 0) is 4.74 Å². The van der Waals surface area contributed by atoms with Crippen LogP contribution in [0.5, 0.6) is 0 Å². The molecule has 132 valence electrons. The highest BCUT2D eigenvalue weighted by Crippen LogP contribution is 2.44. The molecule has 3 rings (SSSR count). The lowest BCUT2D eigenvalue weighted by Crippen LogP contribution is -2.38. The second kappa shape index (κ2) is 8.41. The van der Waals surface area contributed by atoms with Gasteiger partial charge in [0.2, 0.25) is 0 Å². The lowest BCUT2D eigenvalue weighted by atomic mass is 9.98. The van der Waals surface area contributed by atoms with Crippen molar-refractivity contribution in [3.05, 3.63) is 59.7 Å². The van der Waals surface area contributed by atoms with E-state index in [2.05, 4.69) is 29.6 Å². The van der Waals surface area contributed by atoms with Gasteiger partial charge < -0.3 is 15.2 Å². The number of amides is 1. The second-order valence-electron chi connectivity index (χ2n) is 6.13. The molecule has 0 radical (unpaired) electrons. The molecule has 0 aromatic heterocycles. The minimum atomic E-state index is -0.470. The highest BCUT2D eigenvalue weighted by atomic mass is 32.2. The summed E-state index contributed by atoms with van der Waals surface area (Å²) in [4.78, 5) is 12.1. The van der Waals surface area contributed by atoms with Crippen LogP contribution >= 0.6 is 11.8 Å². The number of alkyl carbamates (subject to hydrolysis) is 1. The highest BCUT2D eigenvalue weighted by molar-refractivity contribution is 7.98. The summed E-state index contributed by atoms with van der Waals surface area (Å²) >= 11 is 1.69. The molecular formula is C20H23NO3S. The van der Waals surface area contributed by atoms with Crippen molar-refractivity contribution in [3.8, 4) is 11.1 Å². The van der Waals surface area contributed by atoms with Crippen LogP contribution in [0.2, 0.25) is 0 Å². The van der Waals surface area contributed by atoms with Crippen molar-refractivity contribution >= 4 is 17.9 Å². The van der Waals surface area contributed by atoms with Gasteiger partial charge in [-0.25, -0.2) is 4.79 Å². The quantitative estimate of drug-likeness (QED) is 0.794. The monoisotopic (exact) mass is 357 g/mol. The van der Waals surface area contributed by atoms with Crippen LogP contribution in [0, 0.1) is 0 Å². The Bertz CT molecular complexity index is 689. The van der Waals surface area contributed by atoms with Gasteiger partial charge in [-0.2, -0.15) is 11.8 Å². The Morgan fingerprint density at radius 1 is 1.16 bits per heavy atom. The summed E-state index contributed by atoms with van der Waals surface area (Å²) in [5.41, 5.74) is 4.80. The summed E-state index contributed by atoms with van der Waals surface area (Å²) in [6.07, 6.45) is 2.26. The molecule has 25 heavy (non-hydrogen) atoms. The number of rotatable bonds is 7. The maximum atomic E-state index is 12.1. The maximum Gasteiger partial charge on any atom is 0.407 e. The molecular weight excluding hydrogens is 334 g/mol. The molecule has 0 saturated heterocycles. The van der Waals surface area contributed by atoms with E-state index in [4.69, 9.17) is 4.74 Å². The Balaban J connectivity index is 1.66. The lowest BCUT2D eigenvalue weighted by molar-refractivity contribution is 0.132. The first-order chi connectivity index (χ1) is 12.2. The molecule has 5 heteroatoms. The van der Waals surface area contributed by atoms with Gasteiger partial charge in [0.15, 0.2) is 0 Å². The number of aliphatic hydroxyl groups excluding tert-OH is 1. The first kappa shape index (κ1) is 17.8. The number of benzene rings is 2. The van der Waals surface area contributed by atoms with Gasteiger partial charge in [-0.1, -0.05) is 48.5 Å². The van der Waals surface area contributed by atoms with E-state index in [1.54, 1.807) is 11.8 Å². The van der Waals surface area contributed by atoms with Crippen LogP contribution in [0.25, 0.3) is 11.1 Å². The average molecular weight is 357 g/mol. The zero-order valence-corrected chi connectivity index (χ0v) is 15.1. The Labute approximate surface area is 152 Å². The molecule has 1 amide bonds. The summed E-state index contributed by atoms with van der Waals surface area (Å²) < 4.78 is 5.48. The van der Waals surface area contributed by atoms with Crippen LogP contribution in [0.4, 0.5) is 4.79 Å². The summed E-state index contributed by atoms with van der Waals surface area (Å²) in [5.74, 6) is 0.937. The van der Waals surface area contributed by atoms with Crippen LogP contribution in [-0.4, -0.2) is 42.5 Å². The van der Waals surface area contributed by atoms with Crippen molar-refractivity contribution in [3.63, 3.8) is 0 Å². The molecule has 1 atom stereocenters. The predicted octanol–water partition coefficient (Wildman–Crippen LogP) is 3.64. The summed E-state index contributed by atoms with van der Waals surface area (Å²) in [6.45, 7) is 0.214. The fourth-order valence-corrected chi connectivity index (χ4v) is 3.80. The minimum Gasteiger partial charge on any atom is -0.449 e. The molecule has 0 bridgehead atoms. The molecule has 2 aromatic carbocycles. The number of hydrogen-bond donors (Lipinski definition) is 2. The standard InChI is InChI=1S/C20H23NO3S/c1-25-11-10-14(12-22)21-20(23)24-13-19-17-8-4-2-6-15(17)16-7-3-5-9-18(16)19/h2-9,14,19,22H,10-13H2,1H3,(H,21,23)/t14-/m1/s1. The van der Waals surface area contributed by atoms with Crippen molar-refractivity contribution in [2.75, 3.05) is 25.2 Å². The van der Waals surface area contributed by atoms with E-state index in [-0.39, 0.29) is 18.6 Å². The van der Waals surface area contributed by atoms with Crippen LogP contribution in [0.3, 0.4) is 0 Å². The number of ether oxygens (including phenoxy) is 1. The number of hydrogen-bond acceptors (Lipinski definition) is 4. The van der Waals surface area contributed by atoms with Crippen LogP contribution in [0.15, 0.2) is 48.5 Å². The van der Waals surface area contributed by atoms with Crippen LogP contribution < -0.4 is 5.32 Å². The molecule has 2 aromatic rings. The van der Waals surface area contributed by atoms with Gasteiger partial charge in [0.1, 0.15) is 6.61 Å². The number of thioether (sulfide) groups is 1. The van der Waals surface area contributed by atoms with E-state index in [9.17, 15) is 9.90 Å². The van der Waals surface area contributed by atoms with Crippen LogP contribution in [0.1, 0.15) is 23.5 Å². The SMILES string of the molecule is CSCC[C@H](CO)NC(=O)OCC1c2ccccc2-c2ccccc21. The fraction of sp³-hybridized carbons (Fsp3) is 0.350. The van der Waals surface area contributed by atoms with E-state index >= 15 is 0 Å². The van der Waals surface area contributed by atoms with Gasteiger partial charge in [0, 0.05) is 5.92 Å². The third kappa shape index (κ3) is 3.99. The summed E-state index contributed by atoms with van der Waals surface area (Å²) in [6, 6.07) is 16.2. The normalized spacial score (nSPS) is 13.8. The number of nitrogens with one attached hydrogen (secondary N) is 1. The zero-order chi connectivity index (χ0) is 17.6. The zero-order valence-electron chi connectivity index (χ0n) is 14.3. The minimum absolute atomic E-state index is 0.0527. The molecule has 4 nitrogen and oxygen atoms in total. The highest BCUT2D eigenvalue weighted by Gasteiger charge is 2.29. The Hall–Kier alpha value is -1.98. The molecule has 0 spiro atoms.